The highest BCUT2D eigenvalue weighted by Gasteiger charge is 2.10. The molecule has 2 heteroatoms. The maximum absolute atomic E-state index is 13.0. The van der Waals surface area contributed by atoms with Crippen LogP contribution in [0.25, 0.3) is 0 Å². The minimum atomic E-state index is -0.255. The van der Waals surface area contributed by atoms with Gasteiger partial charge in [0.15, 0.2) is 5.78 Å². The predicted octanol–water partition coefficient (Wildman–Crippen LogP) is 3.75. The average molecular weight is 208 g/mol. The molecule has 1 aromatic carbocycles. The van der Waals surface area contributed by atoms with Crippen LogP contribution in [0.5, 0.6) is 0 Å². The van der Waals surface area contributed by atoms with Crippen LogP contribution in [-0.4, -0.2) is 5.78 Å². The molecule has 0 spiro atoms. The van der Waals surface area contributed by atoms with Gasteiger partial charge in [0.05, 0.1) is 0 Å². The molecule has 0 aromatic heterocycles. The molecule has 0 saturated carbocycles. The highest BCUT2D eigenvalue weighted by Crippen LogP contribution is 2.15. The van der Waals surface area contributed by atoms with Crippen molar-refractivity contribution in [2.75, 3.05) is 0 Å². The number of halogens is 1. The van der Waals surface area contributed by atoms with Crippen LogP contribution >= 0.6 is 0 Å². The number of hydrogen-bond acceptors (Lipinski definition) is 1. The summed E-state index contributed by atoms with van der Waals surface area (Å²) in [5.74, 6) is 0.241. The van der Waals surface area contributed by atoms with Gasteiger partial charge in [-0.2, -0.15) is 0 Å². The van der Waals surface area contributed by atoms with E-state index in [9.17, 15) is 9.18 Å². The number of benzene rings is 1. The molecule has 0 aliphatic heterocycles. The first kappa shape index (κ1) is 11.9. The summed E-state index contributed by atoms with van der Waals surface area (Å²) in [6.07, 6.45) is 1.54. The molecule has 0 heterocycles. The normalized spacial score (nSPS) is 12.5. The molecule has 0 aliphatic carbocycles. The molecule has 82 valence electrons. The zero-order valence-corrected chi connectivity index (χ0v) is 9.51. The van der Waals surface area contributed by atoms with Gasteiger partial charge in [-0.05, 0) is 36.6 Å². The Morgan fingerprint density at radius 1 is 1.47 bits per heavy atom. The van der Waals surface area contributed by atoms with Crippen molar-refractivity contribution < 1.29 is 9.18 Å². The summed E-state index contributed by atoms with van der Waals surface area (Å²) in [5, 5.41) is 0. The number of rotatable bonds is 4. The van der Waals surface area contributed by atoms with Crippen molar-refractivity contribution in [1.82, 2.24) is 0 Å². The van der Waals surface area contributed by atoms with Crippen molar-refractivity contribution in [1.29, 1.82) is 0 Å². The molecular formula is C13H17FO. The lowest BCUT2D eigenvalue weighted by Crippen LogP contribution is -2.05. The molecule has 0 aliphatic rings. The Hall–Kier alpha value is -1.18. The van der Waals surface area contributed by atoms with E-state index in [-0.39, 0.29) is 11.6 Å². The fraction of sp³-hybridized carbons (Fsp3) is 0.462. The lowest BCUT2D eigenvalue weighted by atomic mass is 9.97. The molecule has 0 bridgehead atoms. The van der Waals surface area contributed by atoms with Gasteiger partial charge in [0.1, 0.15) is 5.82 Å². The second-order valence-corrected chi connectivity index (χ2v) is 4.10. The van der Waals surface area contributed by atoms with Crippen LogP contribution in [0.15, 0.2) is 18.2 Å². The molecule has 1 rings (SSSR count). The van der Waals surface area contributed by atoms with E-state index >= 15 is 0 Å². The molecule has 1 nitrogen and oxygen atoms in total. The SMILES string of the molecule is CCC(C)CC(=O)c1ccc(F)c(C)c1. The maximum Gasteiger partial charge on any atom is 0.163 e. The fourth-order valence-corrected chi connectivity index (χ4v) is 1.40. The molecule has 1 aromatic rings. The molecule has 0 N–H and O–H groups in total. The summed E-state index contributed by atoms with van der Waals surface area (Å²) in [5.41, 5.74) is 1.15. The standard InChI is InChI=1S/C13H17FO/c1-4-9(2)7-13(15)11-5-6-12(14)10(3)8-11/h5-6,8-9H,4,7H2,1-3H3. The van der Waals surface area contributed by atoms with Crippen LogP contribution in [0.1, 0.15) is 42.6 Å². The van der Waals surface area contributed by atoms with Crippen LogP contribution in [-0.2, 0) is 0 Å². The highest BCUT2D eigenvalue weighted by atomic mass is 19.1. The Morgan fingerprint density at radius 2 is 2.13 bits per heavy atom. The Morgan fingerprint density at radius 3 is 2.67 bits per heavy atom. The van der Waals surface area contributed by atoms with Crippen LogP contribution in [0.4, 0.5) is 4.39 Å². The quantitative estimate of drug-likeness (QED) is 0.689. The minimum Gasteiger partial charge on any atom is -0.294 e. The summed E-state index contributed by atoms with van der Waals surface area (Å²) in [7, 11) is 0. The monoisotopic (exact) mass is 208 g/mol. The van der Waals surface area contributed by atoms with Gasteiger partial charge in [0.25, 0.3) is 0 Å². The minimum absolute atomic E-state index is 0.104. The van der Waals surface area contributed by atoms with E-state index in [1.165, 1.54) is 6.07 Å². The number of Topliss-reactive ketones (excluding diaryl/α,β-unsaturated/α-hetero) is 1. The second kappa shape index (κ2) is 5.06. The first-order chi connectivity index (χ1) is 7.04. The lowest BCUT2D eigenvalue weighted by Gasteiger charge is -2.07. The van der Waals surface area contributed by atoms with Crippen molar-refractivity contribution in [3.05, 3.63) is 35.1 Å². The molecule has 1 atom stereocenters. The molecule has 0 saturated heterocycles. The van der Waals surface area contributed by atoms with Gasteiger partial charge in [0.2, 0.25) is 0 Å². The Kier molecular flexibility index (Phi) is 4.01. The third kappa shape index (κ3) is 3.15. The van der Waals surface area contributed by atoms with E-state index in [2.05, 4.69) is 6.92 Å². The number of aryl methyl sites for hydroxylation is 1. The Bertz CT molecular complexity index is 358. The highest BCUT2D eigenvalue weighted by molar-refractivity contribution is 5.96. The number of carbonyl (C=O) groups is 1. The fourth-order valence-electron chi connectivity index (χ4n) is 1.40. The van der Waals surface area contributed by atoms with E-state index in [4.69, 9.17) is 0 Å². The van der Waals surface area contributed by atoms with Crippen LogP contribution in [0.2, 0.25) is 0 Å². The van der Waals surface area contributed by atoms with E-state index < -0.39 is 0 Å². The average Bonchev–Trinajstić information content (AvgIpc) is 2.21. The molecule has 0 amide bonds. The van der Waals surface area contributed by atoms with Crippen LogP contribution in [0, 0.1) is 18.7 Å². The van der Waals surface area contributed by atoms with Gasteiger partial charge < -0.3 is 0 Å². The Labute approximate surface area is 90.3 Å². The van der Waals surface area contributed by atoms with Crippen LogP contribution < -0.4 is 0 Å². The number of hydrogen-bond donors (Lipinski definition) is 0. The maximum atomic E-state index is 13.0. The van der Waals surface area contributed by atoms with Gasteiger partial charge in [-0.25, -0.2) is 4.39 Å². The number of ketones is 1. The first-order valence-electron chi connectivity index (χ1n) is 5.34. The van der Waals surface area contributed by atoms with Crippen molar-refractivity contribution in [2.45, 2.75) is 33.6 Å². The summed E-state index contributed by atoms with van der Waals surface area (Å²) in [6, 6.07) is 4.55. The largest absolute Gasteiger partial charge is 0.294 e. The van der Waals surface area contributed by atoms with Gasteiger partial charge >= 0.3 is 0 Å². The predicted molar refractivity (Wildman–Crippen MR) is 59.5 cm³/mol. The molecular weight excluding hydrogens is 191 g/mol. The zero-order chi connectivity index (χ0) is 11.4. The van der Waals surface area contributed by atoms with Crippen molar-refractivity contribution in [3.63, 3.8) is 0 Å². The van der Waals surface area contributed by atoms with E-state index in [1.54, 1.807) is 19.1 Å². The molecule has 0 fully saturated rings. The van der Waals surface area contributed by atoms with Crippen molar-refractivity contribution in [3.8, 4) is 0 Å². The van der Waals surface area contributed by atoms with Crippen LogP contribution in [0.3, 0.4) is 0 Å². The third-order valence-corrected chi connectivity index (χ3v) is 2.71. The molecule has 15 heavy (non-hydrogen) atoms. The topological polar surface area (TPSA) is 17.1 Å². The van der Waals surface area contributed by atoms with Gasteiger partial charge in [-0.1, -0.05) is 20.3 Å². The summed E-state index contributed by atoms with van der Waals surface area (Å²) >= 11 is 0. The smallest absolute Gasteiger partial charge is 0.163 e. The number of carbonyl (C=O) groups excluding carboxylic acids is 1. The zero-order valence-electron chi connectivity index (χ0n) is 9.51. The van der Waals surface area contributed by atoms with Gasteiger partial charge in [0, 0.05) is 12.0 Å². The Balaban J connectivity index is 2.78. The van der Waals surface area contributed by atoms with E-state index in [0.717, 1.165) is 6.42 Å². The first-order valence-corrected chi connectivity index (χ1v) is 5.34. The van der Waals surface area contributed by atoms with Crippen molar-refractivity contribution >= 4 is 5.78 Å². The van der Waals surface area contributed by atoms with E-state index in [0.29, 0.717) is 23.5 Å². The van der Waals surface area contributed by atoms with E-state index in [1.807, 2.05) is 6.92 Å². The summed E-state index contributed by atoms with van der Waals surface area (Å²) < 4.78 is 13.0. The lowest BCUT2D eigenvalue weighted by molar-refractivity contribution is 0.0963. The van der Waals surface area contributed by atoms with Crippen molar-refractivity contribution in [2.24, 2.45) is 5.92 Å². The van der Waals surface area contributed by atoms with Gasteiger partial charge in [-0.3, -0.25) is 4.79 Å². The summed E-state index contributed by atoms with van der Waals surface area (Å²) in [4.78, 5) is 11.8. The van der Waals surface area contributed by atoms with Gasteiger partial charge in [-0.15, -0.1) is 0 Å². The summed E-state index contributed by atoms with van der Waals surface area (Å²) in [6.45, 7) is 5.79. The second-order valence-electron chi connectivity index (χ2n) is 4.10. The molecule has 0 radical (unpaired) electrons. The molecule has 1 unspecified atom stereocenters. The third-order valence-electron chi connectivity index (χ3n) is 2.71.